The van der Waals surface area contributed by atoms with Crippen LogP contribution in [0.2, 0.25) is 0 Å². The molecule has 0 spiro atoms. The Kier molecular flexibility index (Phi) is 3.79. The summed E-state index contributed by atoms with van der Waals surface area (Å²) in [4.78, 5) is 10.4. The summed E-state index contributed by atoms with van der Waals surface area (Å²) < 4.78 is 13.0. The molecule has 0 aliphatic heterocycles. The maximum Gasteiger partial charge on any atom is 0.295 e. The highest BCUT2D eigenvalue weighted by atomic mass is 19.1. The first kappa shape index (κ1) is 12.8. The number of nitro benzene ring substituents is 1. The van der Waals surface area contributed by atoms with Crippen LogP contribution < -0.4 is 5.32 Å². The van der Waals surface area contributed by atoms with E-state index in [0.29, 0.717) is 11.6 Å². The Morgan fingerprint density at radius 3 is 2.94 bits per heavy atom. The van der Waals surface area contributed by atoms with Crippen LogP contribution in [-0.4, -0.2) is 11.0 Å². The van der Waals surface area contributed by atoms with Crippen LogP contribution in [0.4, 0.5) is 15.8 Å². The van der Waals surface area contributed by atoms with Crippen molar-refractivity contribution < 1.29 is 9.31 Å². The van der Waals surface area contributed by atoms with Gasteiger partial charge in [0.1, 0.15) is 11.5 Å². The molecule has 1 saturated carbocycles. The Balaban J connectivity index is 2.20. The topological polar surface area (TPSA) is 55.2 Å². The van der Waals surface area contributed by atoms with Gasteiger partial charge in [0.2, 0.25) is 0 Å². The minimum atomic E-state index is -0.578. The molecule has 0 heterocycles. The van der Waals surface area contributed by atoms with Crippen molar-refractivity contribution in [3.63, 3.8) is 0 Å². The largest absolute Gasteiger partial charge is 0.376 e. The molecule has 1 aliphatic rings. The lowest BCUT2D eigenvalue weighted by Gasteiger charge is -2.20. The predicted octanol–water partition coefficient (Wildman–Crippen LogP) is 3.72. The summed E-state index contributed by atoms with van der Waals surface area (Å²) in [5.41, 5.74) is 0.239. The smallest absolute Gasteiger partial charge is 0.295 e. The van der Waals surface area contributed by atoms with Crippen LogP contribution in [0.15, 0.2) is 18.2 Å². The molecule has 2 atom stereocenters. The number of nitro groups is 1. The zero-order valence-electron chi connectivity index (χ0n) is 10.4. The van der Waals surface area contributed by atoms with E-state index < -0.39 is 10.7 Å². The standard InChI is InChI=1S/C13H17FN2O2/c1-2-9-4-3-5-11(9)15-12-7-6-10(14)8-13(12)16(17)18/h6-9,11,15H,2-5H2,1H3. The molecule has 0 radical (unpaired) electrons. The van der Waals surface area contributed by atoms with Gasteiger partial charge in [-0.1, -0.05) is 19.8 Å². The minimum absolute atomic E-state index is 0.184. The maximum atomic E-state index is 13.0. The number of hydrogen-bond donors (Lipinski definition) is 1. The van der Waals surface area contributed by atoms with Gasteiger partial charge >= 0.3 is 0 Å². The van der Waals surface area contributed by atoms with Crippen LogP contribution in [0, 0.1) is 21.8 Å². The Labute approximate surface area is 105 Å². The fourth-order valence-electron chi connectivity index (χ4n) is 2.69. The van der Waals surface area contributed by atoms with Crippen molar-refractivity contribution in [2.75, 3.05) is 5.32 Å². The van der Waals surface area contributed by atoms with Gasteiger partial charge in [-0.15, -0.1) is 0 Å². The quantitative estimate of drug-likeness (QED) is 0.656. The molecule has 0 saturated heterocycles. The summed E-state index contributed by atoms with van der Waals surface area (Å²) in [5, 5.41) is 14.1. The second kappa shape index (κ2) is 5.33. The predicted molar refractivity (Wildman–Crippen MR) is 68.1 cm³/mol. The van der Waals surface area contributed by atoms with E-state index >= 15 is 0 Å². The lowest BCUT2D eigenvalue weighted by Crippen LogP contribution is -2.23. The average molecular weight is 252 g/mol. The van der Waals surface area contributed by atoms with Gasteiger partial charge in [-0.05, 0) is 30.9 Å². The van der Waals surface area contributed by atoms with Crippen LogP contribution in [-0.2, 0) is 0 Å². The molecule has 1 aromatic carbocycles. The molecule has 5 heteroatoms. The summed E-state index contributed by atoms with van der Waals surface area (Å²) in [6.45, 7) is 2.13. The van der Waals surface area contributed by atoms with E-state index in [1.807, 2.05) is 0 Å². The number of nitrogens with one attached hydrogen (secondary N) is 1. The Morgan fingerprint density at radius 1 is 1.50 bits per heavy atom. The van der Waals surface area contributed by atoms with Crippen LogP contribution >= 0.6 is 0 Å². The summed E-state index contributed by atoms with van der Waals surface area (Å²) in [6.07, 6.45) is 4.38. The van der Waals surface area contributed by atoms with Crippen molar-refractivity contribution in [1.29, 1.82) is 0 Å². The molecule has 0 amide bonds. The van der Waals surface area contributed by atoms with Gasteiger partial charge in [0.05, 0.1) is 11.0 Å². The highest BCUT2D eigenvalue weighted by Crippen LogP contribution is 2.33. The third-order valence-corrected chi connectivity index (χ3v) is 3.68. The van der Waals surface area contributed by atoms with Crippen molar-refractivity contribution in [2.45, 2.75) is 38.6 Å². The molecule has 98 valence electrons. The third kappa shape index (κ3) is 2.60. The average Bonchev–Trinajstić information content (AvgIpc) is 2.78. The number of hydrogen-bond acceptors (Lipinski definition) is 3. The van der Waals surface area contributed by atoms with Crippen molar-refractivity contribution in [3.05, 3.63) is 34.1 Å². The third-order valence-electron chi connectivity index (χ3n) is 3.68. The van der Waals surface area contributed by atoms with Crippen molar-refractivity contribution in [2.24, 2.45) is 5.92 Å². The van der Waals surface area contributed by atoms with Gasteiger partial charge in [0.25, 0.3) is 5.69 Å². The first-order chi connectivity index (χ1) is 8.61. The lowest BCUT2D eigenvalue weighted by molar-refractivity contribution is -0.384. The molecule has 2 rings (SSSR count). The number of nitrogens with zero attached hydrogens (tertiary/aromatic N) is 1. The van der Waals surface area contributed by atoms with Crippen LogP contribution in [0.3, 0.4) is 0 Å². The van der Waals surface area contributed by atoms with E-state index in [1.54, 1.807) is 0 Å². The van der Waals surface area contributed by atoms with E-state index in [2.05, 4.69) is 12.2 Å². The Morgan fingerprint density at radius 2 is 2.28 bits per heavy atom. The Bertz CT molecular complexity index is 451. The van der Waals surface area contributed by atoms with Crippen molar-refractivity contribution >= 4 is 11.4 Å². The molecule has 18 heavy (non-hydrogen) atoms. The van der Waals surface area contributed by atoms with E-state index in [9.17, 15) is 14.5 Å². The first-order valence-corrected chi connectivity index (χ1v) is 6.32. The normalized spacial score (nSPS) is 23.0. The van der Waals surface area contributed by atoms with E-state index in [4.69, 9.17) is 0 Å². The van der Waals surface area contributed by atoms with E-state index in [0.717, 1.165) is 31.7 Å². The zero-order valence-corrected chi connectivity index (χ0v) is 10.4. The van der Waals surface area contributed by atoms with Crippen LogP contribution in [0.1, 0.15) is 32.6 Å². The SMILES string of the molecule is CCC1CCCC1Nc1ccc(F)cc1[N+](=O)[O-]. The highest BCUT2D eigenvalue weighted by molar-refractivity contribution is 5.62. The van der Waals surface area contributed by atoms with Gasteiger partial charge in [-0.3, -0.25) is 10.1 Å². The summed E-state index contributed by atoms with van der Waals surface area (Å²) in [7, 11) is 0. The molecular weight excluding hydrogens is 235 g/mol. The molecule has 1 N–H and O–H groups in total. The second-order valence-electron chi connectivity index (χ2n) is 4.77. The number of halogens is 1. The fourth-order valence-corrected chi connectivity index (χ4v) is 2.69. The van der Waals surface area contributed by atoms with Gasteiger partial charge in [0, 0.05) is 6.04 Å². The number of anilines is 1. The summed E-state index contributed by atoms with van der Waals surface area (Å²) >= 11 is 0. The lowest BCUT2D eigenvalue weighted by atomic mass is 10.0. The molecular formula is C13H17FN2O2. The zero-order chi connectivity index (χ0) is 13.1. The van der Waals surface area contributed by atoms with Crippen molar-refractivity contribution in [3.8, 4) is 0 Å². The Hall–Kier alpha value is -1.65. The van der Waals surface area contributed by atoms with Gasteiger partial charge in [0.15, 0.2) is 0 Å². The van der Waals surface area contributed by atoms with Crippen molar-refractivity contribution in [1.82, 2.24) is 0 Å². The molecule has 0 aromatic heterocycles. The number of benzene rings is 1. The van der Waals surface area contributed by atoms with Gasteiger partial charge in [-0.25, -0.2) is 4.39 Å². The molecule has 4 nitrogen and oxygen atoms in total. The number of rotatable bonds is 4. The molecule has 2 unspecified atom stereocenters. The summed E-state index contributed by atoms with van der Waals surface area (Å²) in [5.74, 6) is -0.0274. The fraction of sp³-hybridized carbons (Fsp3) is 0.538. The van der Waals surface area contributed by atoms with Gasteiger partial charge < -0.3 is 5.32 Å². The molecule has 0 bridgehead atoms. The van der Waals surface area contributed by atoms with E-state index in [1.165, 1.54) is 12.1 Å². The molecule has 1 fully saturated rings. The second-order valence-corrected chi connectivity index (χ2v) is 4.77. The maximum absolute atomic E-state index is 13.0. The van der Waals surface area contributed by atoms with Crippen LogP contribution in [0.25, 0.3) is 0 Å². The van der Waals surface area contributed by atoms with E-state index in [-0.39, 0.29) is 11.7 Å². The summed E-state index contributed by atoms with van der Waals surface area (Å²) in [6, 6.07) is 3.95. The monoisotopic (exact) mass is 252 g/mol. The minimum Gasteiger partial charge on any atom is -0.376 e. The van der Waals surface area contributed by atoms with Crippen LogP contribution in [0.5, 0.6) is 0 Å². The molecule has 1 aliphatic carbocycles. The van der Waals surface area contributed by atoms with Gasteiger partial charge in [-0.2, -0.15) is 0 Å². The molecule has 1 aromatic rings. The first-order valence-electron chi connectivity index (χ1n) is 6.32. The highest BCUT2D eigenvalue weighted by Gasteiger charge is 2.27.